The smallest absolute Gasteiger partial charge is 0.338 e. The van der Waals surface area contributed by atoms with Gasteiger partial charge in [-0.05, 0) is 48.9 Å². The summed E-state index contributed by atoms with van der Waals surface area (Å²) < 4.78 is 29.8. The molecule has 1 amide bonds. The molecule has 0 atom stereocenters. The number of benzene rings is 2. The first-order chi connectivity index (χ1) is 13.7. The molecule has 29 heavy (non-hydrogen) atoms. The van der Waals surface area contributed by atoms with Crippen molar-refractivity contribution in [1.82, 2.24) is 0 Å². The van der Waals surface area contributed by atoms with Crippen LogP contribution in [0.25, 0.3) is 0 Å². The maximum Gasteiger partial charge on any atom is 0.338 e. The van der Waals surface area contributed by atoms with Crippen LogP contribution in [0.15, 0.2) is 48.5 Å². The molecular weight excluding hydrogens is 396 g/mol. The average molecular weight is 416 g/mol. The number of rotatable bonds is 7. The van der Waals surface area contributed by atoms with E-state index in [1.165, 1.54) is 24.3 Å². The van der Waals surface area contributed by atoms with Crippen LogP contribution in [0.4, 0.5) is 11.4 Å². The van der Waals surface area contributed by atoms with E-state index in [4.69, 9.17) is 4.74 Å². The molecule has 0 unspecified atom stereocenters. The van der Waals surface area contributed by atoms with E-state index in [0.29, 0.717) is 24.3 Å². The van der Waals surface area contributed by atoms with Crippen LogP contribution < -0.4 is 9.62 Å². The Hall–Kier alpha value is -3.20. The summed E-state index contributed by atoms with van der Waals surface area (Å²) in [7, 11) is -3.40. The standard InChI is InChI=1S/C20H20N2O6S/c1-29(26,27)21-16-9-7-14(8-10-16)18(23)13-28-20(25)15-4-2-5-17(12-15)22-11-3-6-19(22)24/h2,4-5,7-10,12,21H,3,6,11,13H2,1H3. The number of Topliss-reactive ketones (excluding diaryl/α,β-unsaturated/α-hetero) is 1. The summed E-state index contributed by atoms with van der Waals surface area (Å²) in [5.41, 5.74) is 1.49. The Balaban J connectivity index is 1.60. The van der Waals surface area contributed by atoms with Gasteiger partial charge in [-0.3, -0.25) is 14.3 Å². The van der Waals surface area contributed by atoms with E-state index in [-0.39, 0.29) is 17.0 Å². The van der Waals surface area contributed by atoms with E-state index in [0.717, 1.165) is 12.7 Å². The van der Waals surface area contributed by atoms with Gasteiger partial charge in [-0.15, -0.1) is 0 Å². The molecule has 1 N–H and O–H groups in total. The summed E-state index contributed by atoms with van der Waals surface area (Å²) in [4.78, 5) is 38.0. The number of ether oxygens (including phenoxy) is 1. The summed E-state index contributed by atoms with van der Waals surface area (Å²) in [5.74, 6) is -1.07. The molecule has 0 radical (unpaired) electrons. The van der Waals surface area contributed by atoms with E-state index in [1.54, 1.807) is 29.2 Å². The number of carbonyl (C=O) groups is 3. The second-order valence-electron chi connectivity index (χ2n) is 6.65. The Morgan fingerprint density at radius 3 is 2.45 bits per heavy atom. The molecule has 9 heteroatoms. The van der Waals surface area contributed by atoms with Crippen molar-refractivity contribution in [2.45, 2.75) is 12.8 Å². The van der Waals surface area contributed by atoms with Crippen LogP contribution in [0, 0.1) is 0 Å². The summed E-state index contributed by atoms with van der Waals surface area (Å²) in [6.45, 7) is 0.157. The monoisotopic (exact) mass is 416 g/mol. The number of sulfonamides is 1. The molecule has 0 spiro atoms. The van der Waals surface area contributed by atoms with Gasteiger partial charge in [-0.1, -0.05) is 6.07 Å². The molecule has 2 aromatic carbocycles. The fourth-order valence-corrected chi connectivity index (χ4v) is 3.52. The van der Waals surface area contributed by atoms with Gasteiger partial charge in [-0.25, -0.2) is 13.2 Å². The van der Waals surface area contributed by atoms with Gasteiger partial charge in [0.15, 0.2) is 12.4 Å². The van der Waals surface area contributed by atoms with E-state index < -0.39 is 28.4 Å². The lowest BCUT2D eigenvalue weighted by Crippen LogP contribution is -2.24. The van der Waals surface area contributed by atoms with Crippen molar-refractivity contribution in [3.63, 3.8) is 0 Å². The molecule has 152 valence electrons. The summed E-state index contributed by atoms with van der Waals surface area (Å²) in [5, 5.41) is 0. The summed E-state index contributed by atoms with van der Waals surface area (Å²) in [6.07, 6.45) is 2.29. The largest absolute Gasteiger partial charge is 0.454 e. The molecule has 0 bridgehead atoms. The van der Waals surface area contributed by atoms with Crippen molar-refractivity contribution in [3.8, 4) is 0 Å². The molecular formula is C20H20N2O6S. The number of amides is 1. The number of carbonyl (C=O) groups excluding carboxylic acids is 3. The Labute approximate surface area is 168 Å². The number of nitrogens with one attached hydrogen (secondary N) is 1. The van der Waals surface area contributed by atoms with Gasteiger partial charge >= 0.3 is 5.97 Å². The Bertz CT molecular complexity index is 1050. The highest BCUT2D eigenvalue weighted by atomic mass is 32.2. The SMILES string of the molecule is CS(=O)(=O)Nc1ccc(C(=O)COC(=O)c2cccc(N3CCCC3=O)c2)cc1. The first kappa shape index (κ1) is 20.5. The molecule has 0 aliphatic carbocycles. The molecule has 3 rings (SSSR count). The number of hydrogen-bond acceptors (Lipinski definition) is 6. The van der Waals surface area contributed by atoms with Gasteiger partial charge in [0.05, 0.1) is 11.8 Å². The van der Waals surface area contributed by atoms with Crippen LogP contribution in [0.5, 0.6) is 0 Å². The second-order valence-corrected chi connectivity index (χ2v) is 8.40. The van der Waals surface area contributed by atoms with Crippen molar-refractivity contribution in [3.05, 3.63) is 59.7 Å². The zero-order chi connectivity index (χ0) is 21.0. The minimum atomic E-state index is -3.40. The minimum Gasteiger partial charge on any atom is -0.454 e. The topological polar surface area (TPSA) is 110 Å². The molecule has 0 saturated carbocycles. The fraction of sp³-hybridized carbons (Fsp3) is 0.250. The zero-order valence-corrected chi connectivity index (χ0v) is 16.6. The third-order valence-corrected chi connectivity index (χ3v) is 4.92. The summed E-state index contributed by atoms with van der Waals surface area (Å²) >= 11 is 0. The van der Waals surface area contributed by atoms with E-state index in [1.807, 2.05) is 0 Å². The maximum absolute atomic E-state index is 12.3. The highest BCUT2D eigenvalue weighted by Crippen LogP contribution is 2.22. The van der Waals surface area contributed by atoms with E-state index in [9.17, 15) is 22.8 Å². The van der Waals surface area contributed by atoms with Crippen LogP contribution in [-0.4, -0.2) is 45.5 Å². The van der Waals surface area contributed by atoms with Crippen LogP contribution in [-0.2, 0) is 19.6 Å². The lowest BCUT2D eigenvalue weighted by molar-refractivity contribution is -0.117. The number of nitrogens with zero attached hydrogens (tertiary/aromatic N) is 1. The first-order valence-electron chi connectivity index (χ1n) is 8.91. The zero-order valence-electron chi connectivity index (χ0n) is 15.8. The van der Waals surface area contributed by atoms with Gasteiger partial charge in [-0.2, -0.15) is 0 Å². The Morgan fingerprint density at radius 2 is 1.83 bits per heavy atom. The number of hydrogen-bond donors (Lipinski definition) is 1. The Morgan fingerprint density at radius 1 is 1.10 bits per heavy atom. The quantitative estimate of drug-likeness (QED) is 0.547. The van der Waals surface area contributed by atoms with Gasteiger partial charge < -0.3 is 9.64 Å². The van der Waals surface area contributed by atoms with E-state index in [2.05, 4.69) is 4.72 Å². The van der Waals surface area contributed by atoms with Gasteiger partial charge in [0.2, 0.25) is 15.9 Å². The van der Waals surface area contributed by atoms with E-state index >= 15 is 0 Å². The number of anilines is 2. The van der Waals surface area contributed by atoms with Crippen LogP contribution in [0.3, 0.4) is 0 Å². The second kappa shape index (κ2) is 8.44. The molecule has 2 aromatic rings. The third-order valence-electron chi connectivity index (χ3n) is 4.31. The third kappa shape index (κ3) is 5.41. The van der Waals surface area contributed by atoms with Crippen molar-refractivity contribution in [2.24, 2.45) is 0 Å². The van der Waals surface area contributed by atoms with Crippen molar-refractivity contribution < 1.29 is 27.5 Å². The number of ketones is 1. The first-order valence-corrected chi connectivity index (χ1v) is 10.8. The predicted molar refractivity (Wildman–Crippen MR) is 108 cm³/mol. The molecule has 1 aliphatic rings. The normalized spacial score (nSPS) is 14.0. The molecule has 1 saturated heterocycles. The van der Waals surface area contributed by atoms with Crippen LogP contribution >= 0.6 is 0 Å². The van der Waals surface area contributed by atoms with Crippen molar-refractivity contribution in [1.29, 1.82) is 0 Å². The summed E-state index contributed by atoms with van der Waals surface area (Å²) in [6, 6.07) is 12.3. The van der Waals surface area contributed by atoms with Gasteiger partial charge in [0, 0.05) is 29.9 Å². The van der Waals surface area contributed by atoms with Crippen molar-refractivity contribution >= 4 is 39.1 Å². The van der Waals surface area contributed by atoms with Crippen LogP contribution in [0.1, 0.15) is 33.6 Å². The lowest BCUT2D eigenvalue weighted by Gasteiger charge is -2.16. The predicted octanol–water partition coefficient (Wildman–Crippen LogP) is 2.22. The minimum absolute atomic E-state index is 0.0134. The highest BCUT2D eigenvalue weighted by Gasteiger charge is 2.22. The Kier molecular flexibility index (Phi) is 5.97. The highest BCUT2D eigenvalue weighted by molar-refractivity contribution is 7.92. The van der Waals surface area contributed by atoms with Gasteiger partial charge in [0.1, 0.15) is 0 Å². The molecule has 1 aliphatic heterocycles. The number of esters is 1. The fourth-order valence-electron chi connectivity index (χ4n) is 2.96. The van der Waals surface area contributed by atoms with Gasteiger partial charge in [0.25, 0.3) is 0 Å². The van der Waals surface area contributed by atoms with Crippen molar-refractivity contribution in [2.75, 3.05) is 29.0 Å². The van der Waals surface area contributed by atoms with Crippen LogP contribution in [0.2, 0.25) is 0 Å². The lowest BCUT2D eigenvalue weighted by atomic mass is 10.1. The molecule has 1 fully saturated rings. The molecule has 8 nitrogen and oxygen atoms in total. The maximum atomic E-state index is 12.3. The average Bonchev–Trinajstić information content (AvgIpc) is 3.11. The molecule has 1 heterocycles. The molecule has 0 aromatic heterocycles.